The zero-order valence-electron chi connectivity index (χ0n) is 16.2. The predicted octanol–water partition coefficient (Wildman–Crippen LogP) is 4.76. The van der Waals surface area contributed by atoms with Gasteiger partial charge in [0.2, 0.25) is 0 Å². The smallest absolute Gasteiger partial charge is 0.266 e. The number of benzene rings is 2. The number of aryl methyl sites for hydroxylation is 3. The van der Waals surface area contributed by atoms with Crippen LogP contribution in [0.5, 0.6) is 0 Å². The van der Waals surface area contributed by atoms with Crippen LogP contribution in [0, 0.1) is 32.1 Å². The van der Waals surface area contributed by atoms with E-state index in [1.165, 1.54) is 18.5 Å². The minimum Gasteiger partial charge on any atom is -0.372 e. The Morgan fingerprint density at radius 2 is 1.78 bits per heavy atom. The molecule has 1 saturated heterocycles. The molecule has 0 atom stereocenters. The number of hydrogen-bond donors (Lipinski definition) is 1. The lowest BCUT2D eigenvalue weighted by Gasteiger charge is -2.18. The van der Waals surface area contributed by atoms with Gasteiger partial charge in [0.25, 0.3) is 5.91 Å². The third-order valence-corrected chi connectivity index (χ3v) is 5.15. The maximum atomic E-state index is 12.5. The van der Waals surface area contributed by atoms with Gasteiger partial charge < -0.3 is 10.2 Å². The van der Waals surface area contributed by atoms with Crippen molar-refractivity contribution in [2.75, 3.05) is 23.3 Å². The SMILES string of the molecule is Cc1ccc(NC(=O)/C(C#N)=C\c2ccc(N3CCCC3)cc2C)cc1C. The van der Waals surface area contributed by atoms with Gasteiger partial charge in [-0.1, -0.05) is 12.1 Å². The molecule has 1 aliphatic rings. The van der Waals surface area contributed by atoms with E-state index in [-0.39, 0.29) is 11.5 Å². The number of nitriles is 1. The van der Waals surface area contributed by atoms with Gasteiger partial charge in [0.15, 0.2) is 0 Å². The van der Waals surface area contributed by atoms with Crippen molar-refractivity contribution >= 4 is 23.4 Å². The summed E-state index contributed by atoms with van der Waals surface area (Å²) in [5.74, 6) is -0.385. The van der Waals surface area contributed by atoms with Gasteiger partial charge in [-0.3, -0.25) is 4.79 Å². The number of nitrogens with one attached hydrogen (secondary N) is 1. The van der Waals surface area contributed by atoms with Gasteiger partial charge in [-0.05, 0) is 86.2 Å². The molecule has 2 aromatic rings. The van der Waals surface area contributed by atoms with E-state index in [1.54, 1.807) is 6.08 Å². The third-order valence-electron chi connectivity index (χ3n) is 5.15. The largest absolute Gasteiger partial charge is 0.372 e. The van der Waals surface area contributed by atoms with E-state index in [9.17, 15) is 10.1 Å². The van der Waals surface area contributed by atoms with Crippen LogP contribution < -0.4 is 10.2 Å². The fraction of sp³-hybridized carbons (Fsp3) is 0.304. The van der Waals surface area contributed by atoms with Crippen molar-refractivity contribution < 1.29 is 4.79 Å². The molecule has 0 spiro atoms. The molecule has 0 aliphatic carbocycles. The Kier molecular flexibility index (Phi) is 5.61. The first kappa shape index (κ1) is 18.7. The molecule has 1 amide bonds. The van der Waals surface area contributed by atoms with E-state index in [2.05, 4.69) is 22.3 Å². The molecule has 1 fully saturated rings. The van der Waals surface area contributed by atoms with Crippen LogP contribution >= 0.6 is 0 Å². The Morgan fingerprint density at radius 3 is 2.41 bits per heavy atom. The zero-order valence-corrected chi connectivity index (χ0v) is 16.2. The minimum absolute atomic E-state index is 0.102. The van der Waals surface area contributed by atoms with E-state index in [0.29, 0.717) is 5.69 Å². The van der Waals surface area contributed by atoms with Crippen LogP contribution in [0.15, 0.2) is 42.0 Å². The third kappa shape index (κ3) is 4.38. The molecule has 138 valence electrons. The molecule has 1 N–H and O–H groups in total. The Bertz CT molecular complexity index is 931. The highest BCUT2D eigenvalue weighted by Gasteiger charge is 2.14. The number of nitrogens with zero attached hydrogens (tertiary/aromatic N) is 2. The summed E-state index contributed by atoms with van der Waals surface area (Å²) in [5.41, 5.74) is 6.23. The van der Waals surface area contributed by atoms with Gasteiger partial charge in [0.05, 0.1) is 0 Å². The van der Waals surface area contributed by atoms with Crippen molar-refractivity contribution in [3.8, 4) is 6.07 Å². The van der Waals surface area contributed by atoms with Crippen molar-refractivity contribution in [2.45, 2.75) is 33.6 Å². The fourth-order valence-electron chi connectivity index (χ4n) is 3.32. The summed E-state index contributed by atoms with van der Waals surface area (Å²) in [7, 11) is 0. The van der Waals surface area contributed by atoms with Gasteiger partial charge >= 0.3 is 0 Å². The molecule has 4 heteroatoms. The van der Waals surface area contributed by atoms with Gasteiger partial charge in [0, 0.05) is 24.5 Å². The first-order chi connectivity index (χ1) is 13.0. The van der Waals surface area contributed by atoms with Gasteiger partial charge in [-0.15, -0.1) is 0 Å². The topological polar surface area (TPSA) is 56.1 Å². The molecule has 27 heavy (non-hydrogen) atoms. The molecule has 0 saturated carbocycles. The van der Waals surface area contributed by atoms with E-state index >= 15 is 0 Å². The summed E-state index contributed by atoms with van der Waals surface area (Å²) >= 11 is 0. The van der Waals surface area contributed by atoms with Crippen LogP contribution in [0.1, 0.15) is 35.1 Å². The monoisotopic (exact) mass is 359 g/mol. The highest BCUT2D eigenvalue weighted by molar-refractivity contribution is 6.09. The number of amides is 1. The second kappa shape index (κ2) is 8.09. The summed E-state index contributed by atoms with van der Waals surface area (Å²) in [6, 6.07) is 14.0. The van der Waals surface area contributed by atoms with Crippen LogP contribution in [0.2, 0.25) is 0 Å². The minimum atomic E-state index is -0.385. The molecule has 3 rings (SSSR count). The summed E-state index contributed by atoms with van der Waals surface area (Å²) in [5, 5.41) is 12.3. The molecule has 1 aliphatic heterocycles. The number of rotatable bonds is 4. The highest BCUT2D eigenvalue weighted by Crippen LogP contribution is 2.24. The van der Waals surface area contributed by atoms with Crippen molar-refractivity contribution in [2.24, 2.45) is 0 Å². The fourth-order valence-corrected chi connectivity index (χ4v) is 3.32. The van der Waals surface area contributed by atoms with Crippen LogP contribution in [-0.2, 0) is 4.79 Å². The van der Waals surface area contributed by atoms with Gasteiger partial charge in [0.1, 0.15) is 11.6 Å². The lowest BCUT2D eigenvalue weighted by atomic mass is 10.0. The summed E-state index contributed by atoms with van der Waals surface area (Å²) in [6.07, 6.45) is 4.13. The quantitative estimate of drug-likeness (QED) is 0.633. The van der Waals surface area contributed by atoms with Crippen molar-refractivity contribution in [1.82, 2.24) is 0 Å². The molecule has 0 radical (unpaired) electrons. The Balaban J connectivity index is 1.79. The van der Waals surface area contributed by atoms with E-state index in [4.69, 9.17) is 0 Å². The van der Waals surface area contributed by atoms with E-state index in [0.717, 1.165) is 35.3 Å². The number of hydrogen-bond acceptors (Lipinski definition) is 3. The predicted molar refractivity (Wildman–Crippen MR) is 111 cm³/mol. The average Bonchev–Trinajstić information content (AvgIpc) is 3.18. The molecule has 0 unspecified atom stereocenters. The van der Waals surface area contributed by atoms with Crippen LogP contribution in [-0.4, -0.2) is 19.0 Å². The lowest BCUT2D eigenvalue weighted by Crippen LogP contribution is -2.17. The normalized spacial score (nSPS) is 14.1. The van der Waals surface area contributed by atoms with Crippen molar-refractivity contribution in [1.29, 1.82) is 5.26 Å². The molecule has 0 bridgehead atoms. The summed E-state index contributed by atoms with van der Waals surface area (Å²) in [6.45, 7) is 8.22. The second-order valence-electron chi connectivity index (χ2n) is 7.16. The van der Waals surface area contributed by atoms with Crippen LogP contribution in [0.3, 0.4) is 0 Å². The number of carbonyl (C=O) groups is 1. The first-order valence-corrected chi connectivity index (χ1v) is 9.34. The first-order valence-electron chi connectivity index (χ1n) is 9.34. The molecule has 2 aromatic carbocycles. The zero-order chi connectivity index (χ0) is 19.4. The Morgan fingerprint density at radius 1 is 1.04 bits per heavy atom. The lowest BCUT2D eigenvalue weighted by molar-refractivity contribution is -0.112. The Hall–Kier alpha value is -3.06. The summed E-state index contributed by atoms with van der Waals surface area (Å²) in [4.78, 5) is 14.9. The molecular formula is C23H25N3O. The standard InChI is InChI=1S/C23H25N3O/c1-16-6-8-21(12-17(16)2)25-23(27)20(15-24)14-19-7-9-22(13-18(19)3)26-10-4-5-11-26/h6-9,12-14H,4-5,10-11H2,1-3H3,(H,25,27)/b20-14-. The molecular weight excluding hydrogens is 334 g/mol. The van der Waals surface area contributed by atoms with Crippen LogP contribution in [0.4, 0.5) is 11.4 Å². The molecule has 0 aromatic heterocycles. The number of carbonyl (C=O) groups excluding carboxylic acids is 1. The second-order valence-corrected chi connectivity index (χ2v) is 7.16. The average molecular weight is 359 g/mol. The molecule has 4 nitrogen and oxygen atoms in total. The maximum Gasteiger partial charge on any atom is 0.266 e. The van der Waals surface area contributed by atoms with Crippen molar-refractivity contribution in [3.05, 3.63) is 64.2 Å². The van der Waals surface area contributed by atoms with Crippen LogP contribution in [0.25, 0.3) is 6.08 Å². The van der Waals surface area contributed by atoms with Crippen molar-refractivity contribution in [3.63, 3.8) is 0 Å². The summed E-state index contributed by atoms with van der Waals surface area (Å²) < 4.78 is 0. The molecule has 1 heterocycles. The number of anilines is 2. The van der Waals surface area contributed by atoms with E-state index < -0.39 is 0 Å². The Labute approximate surface area is 161 Å². The van der Waals surface area contributed by atoms with E-state index in [1.807, 2.05) is 51.1 Å². The van der Waals surface area contributed by atoms with Gasteiger partial charge in [-0.2, -0.15) is 5.26 Å². The maximum absolute atomic E-state index is 12.5. The highest BCUT2D eigenvalue weighted by atomic mass is 16.1. The van der Waals surface area contributed by atoms with Gasteiger partial charge in [-0.25, -0.2) is 0 Å².